The molecular formula is C20H28O4. The summed E-state index contributed by atoms with van der Waals surface area (Å²) in [5, 5.41) is 10.8. The average molecular weight is 332 g/mol. The lowest BCUT2D eigenvalue weighted by Gasteiger charge is -2.33. The minimum atomic E-state index is -0.654. The van der Waals surface area contributed by atoms with Crippen LogP contribution < -0.4 is 0 Å². The summed E-state index contributed by atoms with van der Waals surface area (Å²) in [6, 6.07) is 0. The fourth-order valence-corrected chi connectivity index (χ4v) is 4.10. The van der Waals surface area contributed by atoms with Crippen molar-refractivity contribution in [3.63, 3.8) is 0 Å². The van der Waals surface area contributed by atoms with Gasteiger partial charge in [0.15, 0.2) is 0 Å². The van der Waals surface area contributed by atoms with Crippen LogP contribution in [0, 0.1) is 5.92 Å². The van der Waals surface area contributed by atoms with Gasteiger partial charge >= 0.3 is 5.97 Å². The van der Waals surface area contributed by atoms with Crippen LogP contribution >= 0.6 is 0 Å². The summed E-state index contributed by atoms with van der Waals surface area (Å²) < 4.78 is 11.7. The number of fused-ring (bicyclic) bond motifs is 3. The predicted molar refractivity (Wildman–Crippen MR) is 92.4 cm³/mol. The average Bonchev–Trinajstić information content (AvgIpc) is 3.04. The van der Waals surface area contributed by atoms with E-state index >= 15 is 0 Å². The van der Waals surface area contributed by atoms with Gasteiger partial charge in [-0.05, 0) is 51.5 Å². The second-order valence-corrected chi connectivity index (χ2v) is 7.74. The third kappa shape index (κ3) is 3.22. The number of carbonyl (C=O) groups is 1. The summed E-state index contributed by atoms with van der Waals surface area (Å²) in [5.74, 6) is -0.486. The zero-order valence-corrected chi connectivity index (χ0v) is 14.7. The summed E-state index contributed by atoms with van der Waals surface area (Å²) in [7, 11) is 0. The highest BCUT2D eigenvalue weighted by Gasteiger charge is 2.47. The van der Waals surface area contributed by atoms with Gasteiger partial charge in [-0.15, -0.1) is 0 Å². The van der Waals surface area contributed by atoms with Gasteiger partial charge in [-0.3, -0.25) is 0 Å². The zero-order chi connectivity index (χ0) is 17.5. The van der Waals surface area contributed by atoms with Crippen molar-refractivity contribution in [2.24, 2.45) is 5.92 Å². The Morgan fingerprint density at radius 3 is 2.88 bits per heavy atom. The molecule has 5 atom stereocenters. The van der Waals surface area contributed by atoms with Crippen molar-refractivity contribution in [3.8, 4) is 0 Å². The van der Waals surface area contributed by atoms with E-state index in [9.17, 15) is 9.90 Å². The van der Waals surface area contributed by atoms with Crippen LogP contribution in [0.3, 0.4) is 0 Å². The summed E-state index contributed by atoms with van der Waals surface area (Å²) in [6.07, 6.45) is 5.93. The first-order chi connectivity index (χ1) is 11.3. The minimum absolute atomic E-state index is 0.0135. The van der Waals surface area contributed by atoms with Crippen LogP contribution in [0.4, 0.5) is 0 Å². The van der Waals surface area contributed by atoms with Crippen molar-refractivity contribution in [1.29, 1.82) is 0 Å². The van der Waals surface area contributed by atoms with E-state index in [-0.39, 0.29) is 24.1 Å². The first kappa shape index (κ1) is 17.4. The Labute approximate surface area is 144 Å². The lowest BCUT2D eigenvalue weighted by Crippen LogP contribution is -2.41. The third-order valence-corrected chi connectivity index (χ3v) is 5.85. The highest BCUT2D eigenvalue weighted by atomic mass is 16.6. The molecule has 132 valence electrons. The van der Waals surface area contributed by atoms with E-state index in [1.165, 1.54) is 5.57 Å². The van der Waals surface area contributed by atoms with Crippen molar-refractivity contribution >= 4 is 5.97 Å². The summed E-state index contributed by atoms with van der Waals surface area (Å²) >= 11 is 0. The maximum Gasteiger partial charge on any atom is 0.334 e. The number of aliphatic hydroxyl groups is 1. The second kappa shape index (κ2) is 6.49. The Morgan fingerprint density at radius 1 is 1.38 bits per heavy atom. The molecule has 0 aromatic heterocycles. The molecule has 0 amide bonds. The lowest BCUT2D eigenvalue weighted by molar-refractivity contribution is -0.139. The molecule has 0 spiro atoms. The zero-order valence-electron chi connectivity index (χ0n) is 14.7. The Hall–Kier alpha value is -1.39. The summed E-state index contributed by atoms with van der Waals surface area (Å²) in [4.78, 5) is 12.0. The number of hydrogen-bond acceptors (Lipinski definition) is 4. The molecule has 2 bridgehead atoms. The molecule has 0 saturated carbocycles. The van der Waals surface area contributed by atoms with E-state index in [1.54, 1.807) is 0 Å². The van der Waals surface area contributed by atoms with Crippen LogP contribution in [0.25, 0.3) is 0 Å². The maximum atomic E-state index is 12.0. The molecule has 4 nitrogen and oxygen atoms in total. The van der Waals surface area contributed by atoms with Gasteiger partial charge in [-0.25, -0.2) is 4.79 Å². The van der Waals surface area contributed by atoms with Gasteiger partial charge in [0.1, 0.15) is 6.10 Å². The highest BCUT2D eigenvalue weighted by molar-refractivity contribution is 5.90. The van der Waals surface area contributed by atoms with E-state index in [0.29, 0.717) is 18.4 Å². The fraction of sp³-hybridized carbons (Fsp3) is 0.650. The van der Waals surface area contributed by atoms with Gasteiger partial charge in [0.25, 0.3) is 0 Å². The molecule has 2 fully saturated rings. The van der Waals surface area contributed by atoms with E-state index in [0.717, 1.165) is 31.3 Å². The monoisotopic (exact) mass is 332 g/mol. The van der Waals surface area contributed by atoms with Crippen LogP contribution in [0.5, 0.6) is 0 Å². The number of hydrogen-bond donors (Lipinski definition) is 1. The number of aliphatic hydroxyl groups excluding tert-OH is 1. The number of carbonyl (C=O) groups excluding carboxylic acids is 1. The molecule has 0 aromatic rings. The Balaban J connectivity index is 1.88. The Bertz CT molecular complexity index is 590. The number of allylic oxidation sites excluding steroid dienone is 1. The molecule has 2 saturated heterocycles. The second-order valence-electron chi connectivity index (χ2n) is 7.74. The van der Waals surface area contributed by atoms with Crippen molar-refractivity contribution in [2.75, 3.05) is 0 Å². The normalized spacial score (nSPS) is 43.1. The minimum Gasteiger partial charge on any atom is -0.458 e. The number of ether oxygens (including phenoxy) is 2. The Morgan fingerprint density at radius 2 is 2.12 bits per heavy atom. The lowest BCUT2D eigenvalue weighted by atomic mass is 9.82. The summed E-state index contributed by atoms with van der Waals surface area (Å²) in [5.41, 5.74) is 2.18. The van der Waals surface area contributed by atoms with Crippen LogP contribution in [0.2, 0.25) is 0 Å². The van der Waals surface area contributed by atoms with E-state index in [4.69, 9.17) is 9.47 Å². The van der Waals surface area contributed by atoms with Crippen LogP contribution in [-0.4, -0.2) is 35.0 Å². The van der Waals surface area contributed by atoms with Crippen molar-refractivity contribution in [1.82, 2.24) is 0 Å². The molecule has 1 N–H and O–H groups in total. The highest BCUT2D eigenvalue weighted by Crippen LogP contribution is 2.42. The summed E-state index contributed by atoms with van der Waals surface area (Å²) in [6.45, 7) is 12.1. The number of esters is 1. The fourth-order valence-electron chi connectivity index (χ4n) is 4.10. The molecule has 0 aromatic carbocycles. The Kier molecular flexibility index (Phi) is 4.71. The molecule has 4 heteroatoms. The standard InChI is InChI=1S/C20H28O4/c1-12-6-5-7-13(2)16-8-9-20(4,24-16)18(21)11-15-14(3)19(22)23-17(15)10-12/h6,15-18,21H,2-3,5,7-11H2,1,4H3/b12-6+/t15-,16+,17+,18+,20-/m1/s1. The third-order valence-electron chi connectivity index (χ3n) is 5.85. The van der Waals surface area contributed by atoms with Gasteiger partial charge in [0.2, 0.25) is 0 Å². The molecule has 3 aliphatic rings. The molecule has 24 heavy (non-hydrogen) atoms. The first-order valence-electron chi connectivity index (χ1n) is 8.89. The van der Waals surface area contributed by atoms with Gasteiger partial charge in [-0.2, -0.15) is 0 Å². The topological polar surface area (TPSA) is 55.8 Å². The van der Waals surface area contributed by atoms with E-state index < -0.39 is 11.7 Å². The van der Waals surface area contributed by atoms with Crippen molar-refractivity contribution < 1.29 is 19.4 Å². The van der Waals surface area contributed by atoms with Gasteiger partial charge in [0.05, 0.1) is 17.8 Å². The van der Waals surface area contributed by atoms with E-state index in [1.807, 2.05) is 6.92 Å². The van der Waals surface area contributed by atoms with Crippen molar-refractivity contribution in [2.45, 2.75) is 76.3 Å². The molecule has 0 unspecified atom stereocenters. The molecule has 3 aliphatic heterocycles. The van der Waals surface area contributed by atoms with Crippen LogP contribution in [-0.2, 0) is 14.3 Å². The molecule has 0 radical (unpaired) electrons. The molecule has 0 aliphatic carbocycles. The van der Waals surface area contributed by atoms with Gasteiger partial charge < -0.3 is 14.6 Å². The van der Waals surface area contributed by atoms with Crippen LogP contribution in [0.1, 0.15) is 52.4 Å². The van der Waals surface area contributed by atoms with Crippen LogP contribution in [0.15, 0.2) is 36.0 Å². The largest absolute Gasteiger partial charge is 0.458 e. The maximum absolute atomic E-state index is 12.0. The van der Waals surface area contributed by atoms with E-state index in [2.05, 4.69) is 26.2 Å². The quantitative estimate of drug-likeness (QED) is 0.419. The SMILES string of the molecule is C=C1CC/C=C(\C)C[C@@H]2OC(=O)C(=C)[C@H]2C[C@H](O)[C@@]2(C)CC[C@@H]1O2. The predicted octanol–water partition coefficient (Wildman–Crippen LogP) is 3.46. The molecular weight excluding hydrogens is 304 g/mol. The smallest absolute Gasteiger partial charge is 0.334 e. The van der Waals surface area contributed by atoms with Gasteiger partial charge in [-0.1, -0.05) is 24.8 Å². The molecule has 3 heterocycles. The van der Waals surface area contributed by atoms with Gasteiger partial charge in [0, 0.05) is 17.9 Å². The molecule has 3 rings (SSSR count). The first-order valence-corrected chi connectivity index (χ1v) is 8.89. The number of rotatable bonds is 0. The van der Waals surface area contributed by atoms with Crippen molar-refractivity contribution in [3.05, 3.63) is 36.0 Å².